The summed E-state index contributed by atoms with van der Waals surface area (Å²) in [6, 6.07) is 1.68. The number of rotatable bonds is 4. The third-order valence-electron chi connectivity index (χ3n) is 3.30. The van der Waals surface area contributed by atoms with Gasteiger partial charge in [-0.15, -0.1) is 11.3 Å². The molecule has 0 aliphatic carbocycles. The van der Waals surface area contributed by atoms with Crippen LogP contribution in [0.5, 0.6) is 0 Å². The van der Waals surface area contributed by atoms with Crippen molar-refractivity contribution in [2.24, 2.45) is 5.92 Å². The van der Waals surface area contributed by atoms with Crippen molar-refractivity contribution in [3.8, 4) is 0 Å². The van der Waals surface area contributed by atoms with Gasteiger partial charge < -0.3 is 4.74 Å². The molecule has 0 N–H and O–H groups in total. The molecule has 1 aromatic rings. The Morgan fingerprint density at radius 3 is 2.84 bits per heavy atom. The van der Waals surface area contributed by atoms with Gasteiger partial charge in [-0.25, -0.2) is 12.7 Å². The van der Waals surface area contributed by atoms with E-state index in [-0.39, 0.29) is 0 Å². The van der Waals surface area contributed by atoms with Crippen molar-refractivity contribution in [3.05, 3.63) is 14.7 Å². The molecule has 1 aromatic heterocycles. The van der Waals surface area contributed by atoms with Gasteiger partial charge in [0.2, 0.25) is 10.0 Å². The summed E-state index contributed by atoms with van der Waals surface area (Å²) in [6.45, 7) is 3.81. The summed E-state index contributed by atoms with van der Waals surface area (Å²) in [5.74, 6) is 0.302. The lowest BCUT2D eigenvalue weighted by atomic mass is 10.0. The molecule has 0 aromatic carbocycles. The van der Waals surface area contributed by atoms with Crippen LogP contribution in [0.4, 0.5) is 0 Å². The summed E-state index contributed by atoms with van der Waals surface area (Å²) < 4.78 is 32.7. The van der Waals surface area contributed by atoms with Crippen molar-refractivity contribution in [2.75, 3.05) is 26.8 Å². The van der Waals surface area contributed by atoms with Crippen molar-refractivity contribution in [1.29, 1.82) is 0 Å². The number of thiophene rings is 1. The Morgan fingerprint density at radius 2 is 2.32 bits per heavy atom. The average Bonchev–Trinajstić information content (AvgIpc) is 2.70. The quantitative estimate of drug-likeness (QED) is 0.821. The molecule has 2 heterocycles. The lowest BCUT2D eigenvalue weighted by Crippen LogP contribution is -2.35. The van der Waals surface area contributed by atoms with Crippen LogP contribution in [-0.4, -0.2) is 39.5 Å². The number of aryl methyl sites for hydroxylation is 1. The Hall–Kier alpha value is 0.0500. The lowest BCUT2D eigenvalue weighted by Gasteiger charge is -2.26. The van der Waals surface area contributed by atoms with Crippen LogP contribution in [0, 0.1) is 12.8 Å². The van der Waals surface area contributed by atoms with Crippen LogP contribution in [0.3, 0.4) is 0 Å². The molecule has 0 amide bonds. The second-order valence-electron chi connectivity index (χ2n) is 4.84. The molecule has 0 spiro atoms. The fraction of sp³-hybridized carbons (Fsp3) is 0.667. The maximum absolute atomic E-state index is 12.5. The zero-order valence-electron chi connectivity index (χ0n) is 11.1. The summed E-state index contributed by atoms with van der Waals surface area (Å²) in [5.41, 5.74) is 0. The molecule has 1 aliphatic rings. The first kappa shape index (κ1) is 15.4. The van der Waals surface area contributed by atoms with E-state index in [0.717, 1.165) is 28.1 Å². The molecule has 1 atom stereocenters. The van der Waals surface area contributed by atoms with E-state index in [1.165, 1.54) is 15.6 Å². The molecule has 1 saturated heterocycles. The summed E-state index contributed by atoms with van der Waals surface area (Å²) in [7, 11) is -1.74. The first-order valence-corrected chi connectivity index (χ1v) is 9.26. The molecule has 7 heteroatoms. The highest BCUT2D eigenvalue weighted by Crippen LogP contribution is 2.31. The van der Waals surface area contributed by atoms with Gasteiger partial charge in [0.05, 0.1) is 15.3 Å². The molecule has 19 heavy (non-hydrogen) atoms. The van der Waals surface area contributed by atoms with Crippen LogP contribution < -0.4 is 0 Å². The minimum atomic E-state index is -3.39. The average molecular weight is 368 g/mol. The Kier molecular flexibility index (Phi) is 5.05. The maximum atomic E-state index is 12.5. The van der Waals surface area contributed by atoms with Crippen molar-refractivity contribution < 1.29 is 13.2 Å². The van der Waals surface area contributed by atoms with Gasteiger partial charge in [0.1, 0.15) is 0 Å². The van der Waals surface area contributed by atoms with Gasteiger partial charge in [-0.3, -0.25) is 0 Å². The highest BCUT2D eigenvalue weighted by atomic mass is 79.9. The largest absolute Gasteiger partial charge is 0.381 e. The van der Waals surface area contributed by atoms with E-state index < -0.39 is 10.0 Å². The van der Waals surface area contributed by atoms with E-state index in [1.54, 1.807) is 13.1 Å². The molecule has 108 valence electrons. The van der Waals surface area contributed by atoms with E-state index in [4.69, 9.17) is 4.74 Å². The van der Waals surface area contributed by atoms with Crippen LogP contribution in [0.25, 0.3) is 0 Å². The number of sulfonamides is 1. The first-order valence-electron chi connectivity index (χ1n) is 6.21. The van der Waals surface area contributed by atoms with E-state index in [9.17, 15) is 8.42 Å². The third kappa shape index (κ3) is 3.58. The normalized spacial score (nSPS) is 20.9. The second kappa shape index (κ2) is 6.22. The predicted octanol–water partition coefficient (Wildman–Crippen LogP) is 2.87. The topological polar surface area (TPSA) is 46.6 Å². The van der Waals surface area contributed by atoms with Crippen molar-refractivity contribution >= 4 is 37.3 Å². The Morgan fingerprint density at radius 1 is 1.58 bits per heavy atom. The van der Waals surface area contributed by atoms with Crippen molar-refractivity contribution in [1.82, 2.24) is 4.31 Å². The minimum Gasteiger partial charge on any atom is -0.381 e. The van der Waals surface area contributed by atoms with E-state index in [0.29, 0.717) is 24.0 Å². The van der Waals surface area contributed by atoms with Gasteiger partial charge in [0.15, 0.2) is 0 Å². The standard InChI is InChI=1S/C12H18BrNO3S2/c1-9-11(6-12(13)18-9)19(15,16)14(2)7-10-4-3-5-17-8-10/h6,10H,3-5,7-8H2,1-2H3. The summed E-state index contributed by atoms with van der Waals surface area (Å²) >= 11 is 4.78. The molecule has 1 fully saturated rings. The highest BCUT2D eigenvalue weighted by molar-refractivity contribution is 9.11. The van der Waals surface area contributed by atoms with Gasteiger partial charge in [-0.2, -0.15) is 0 Å². The van der Waals surface area contributed by atoms with Crippen LogP contribution in [0.2, 0.25) is 0 Å². The van der Waals surface area contributed by atoms with Crippen LogP contribution in [-0.2, 0) is 14.8 Å². The fourth-order valence-electron chi connectivity index (χ4n) is 2.27. The molecule has 4 nitrogen and oxygen atoms in total. The zero-order chi connectivity index (χ0) is 14.0. The Labute approximate surface area is 126 Å². The predicted molar refractivity (Wildman–Crippen MR) is 80.1 cm³/mol. The Balaban J connectivity index is 2.12. The van der Waals surface area contributed by atoms with E-state index in [1.807, 2.05) is 6.92 Å². The summed E-state index contributed by atoms with van der Waals surface area (Å²) in [6.07, 6.45) is 2.05. The molecule has 2 rings (SSSR count). The van der Waals surface area contributed by atoms with Crippen LogP contribution >= 0.6 is 27.3 Å². The number of ether oxygens (including phenoxy) is 1. The summed E-state index contributed by atoms with van der Waals surface area (Å²) in [4.78, 5) is 1.22. The van der Waals surface area contributed by atoms with Crippen molar-refractivity contribution in [3.63, 3.8) is 0 Å². The summed E-state index contributed by atoms with van der Waals surface area (Å²) in [5, 5.41) is 0. The number of nitrogens with zero attached hydrogens (tertiary/aromatic N) is 1. The molecule has 1 unspecified atom stereocenters. The van der Waals surface area contributed by atoms with Gasteiger partial charge in [-0.1, -0.05) is 0 Å². The van der Waals surface area contributed by atoms with Crippen molar-refractivity contribution in [2.45, 2.75) is 24.7 Å². The van der Waals surface area contributed by atoms with Crippen LogP contribution in [0.1, 0.15) is 17.7 Å². The highest BCUT2D eigenvalue weighted by Gasteiger charge is 2.27. The monoisotopic (exact) mass is 367 g/mol. The van der Waals surface area contributed by atoms with Gasteiger partial charge in [-0.05, 0) is 47.7 Å². The molecule has 0 bridgehead atoms. The zero-order valence-corrected chi connectivity index (χ0v) is 14.3. The van der Waals surface area contributed by atoms with E-state index in [2.05, 4.69) is 15.9 Å². The number of halogens is 1. The molecular formula is C12H18BrNO3S2. The minimum absolute atomic E-state index is 0.302. The Bertz CT molecular complexity index is 535. The number of hydrogen-bond acceptors (Lipinski definition) is 4. The molecule has 0 radical (unpaired) electrons. The fourth-order valence-corrected chi connectivity index (χ4v) is 5.89. The van der Waals surface area contributed by atoms with Crippen LogP contribution in [0.15, 0.2) is 14.7 Å². The number of hydrogen-bond donors (Lipinski definition) is 0. The van der Waals surface area contributed by atoms with Gasteiger partial charge >= 0.3 is 0 Å². The molecular weight excluding hydrogens is 350 g/mol. The molecule has 0 saturated carbocycles. The van der Waals surface area contributed by atoms with E-state index >= 15 is 0 Å². The second-order valence-corrected chi connectivity index (χ2v) is 9.49. The SMILES string of the molecule is Cc1sc(Br)cc1S(=O)(=O)N(C)CC1CCCOC1. The maximum Gasteiger partial charge on any atom is 0.243 e. The third-order valence-corrected chi connectivity index (χ3v) is 6.93. The lowest BCUT2D eigenvalue weighted by molar-refractivity contribution is 0.0495. The van der Waals surface area contributed by atoms with Gasteiger partial charge in [0.25, 0.3) is 0 Å². The first-order chi connectivity index (χ1) is 8.91. The van der Waals surface area contributed by atoms with Gasteiger partial charge in [0, 0.05) is 25.1 Å². The smallest absolute Gasteiger partial charge is 0.243 e. The molecule has 1 aliphatic heterocycles.